The molecule has 2 rings (SSSR count). The van der Waals surface area contributed by atoms with Crippen LogP contribution in [0.5, 0.6) is 0 Å². The van der Waals surface area contributed by atoms with Crippen LogP contribution in [0.2, 0.25) is 0 Å². The molecule has 0 radical (unpaired) electrons. The highest BCUT2D eigenvalue weighted by molar-refractivity contribution is 9.10. The van der Waals surface area contributed by atoms with Gasteiger partial charge < -0.3 is 5.73 Å². The molecule has 0 amide bonds. The summed E-state index contributed by atoms with van der Waals surface area (Å²) in [7, 11) is 0. The number of aromatic nitrogens is 2. The van der Waals surface area contributed by atoms with Gasteiger partial charge in [-0.25, -0.2) is 9.97 Å². The lowest BCUT2D eigenvalue weighted by Crippen LogP contribution is -1.92. The fraction of sp³-hybridized carbons (Fsp3) is 0.0909. The maximum Gasteiger partial charge on any atom is 0.116 e. The predicted octanol–water partition coefficient (Wildman–Crippen LogP) is 3.28. The van der Waals surface area contributed by atoms with Crippen LogP contribution in [-0.2, 0) is 0 Å². The molecule has 0 saturated heterocycles. The van der Waals surface area contributed by atoms with Gasteiger partial charge in [0.05, 0.1) is 16.4 Å². The molecule has 0 spiro atoms. The van der Waals surface area contributed by atoms with Gasteiger partial charge in [0, 0.05) is 6.20 Å². The molecule has 2 aromatic rings. The van der Waals surface area contributed by atoms with E-state index in [9.17, 15) is 0 Å². The maximum atomic E-state index is 5.72. The molecule has 2 heterocycles. The number of anilines is 1. The highest BCUT2D eigenvalue weighted by Crippen LogP contribution is 2.31. The van der Waals surface area contributed by atoms with Crippen LogP contribution in [0.1, 0.15) is 5.56 Å². The van der Waals surface area contributed by atoms with E-state index in [2.05, 4.69) is 25.9 Å². The lowest BCUT2D eigenvalue weighted by molar-refractivity contribution is 1.07. The minimum atomic E-state index is 0.712. The lowest BCUT2D eigenvalue weighted by Gasteiger charge is -2.04. The second-order valence-corrected chi connectivity index (χ2v) is 5.14. The van der Waals surface area contributed by atoms with Crippen LogP contribution in [0.4, 0.5) is 5.69 Å². The largest absolute Gasteiger partial charge is 0.397 e. The van der Waals surface area contributed by atoms with Crippen molar-refractivity contribution in [2.24, 2.45) is 0 Å². The number of nitrogens with zero attached hydrogens (tertiary/aromatic N) is 2. The molecule has 0 aliphatic carbocycles. The first-order chi connectivity index (χ1) is 7.66. The molecule has 0 bridgehead atoms. The Kier molecular flexibility index (Phi) is 3.46. The Morgan fingerprint density at radius 3 is 2.88 bits per heavy atom. The van der Waals surface area contributed by atoms with E-state index in [1.807, 2.05) is 25.1 Å². The third kappa shape index (κ3) is 2.54. The lowest BCUT2D eigenvalue weighted by atomic mass is 10.3. The second-order valence-electron chi connectivity index (χ2n) is 3.27. The average molecular weight is 296 g/mol. The molecule has 0 aliphatic heterocycles. The number of hydrogen-bond acceptors (Lipinski definition) is 4. The molecule has 16 heavy (non-hydrogen) atoms. The summed E-state index contributed by atoms with van der Waals surface area (Å²) in [5, 5.41) is 1.80. The summed E-state index contributed by atoms with van der Waals surface area (Å²) in [5.74, 6) is 0. The first kappa shape index (κ1) is 11.4. The molecule has 0 aliphatic rings. The molecule has 0 saturated carbocycles. The Hall–Kier alpha value is -1.07. The Bertz CT molecular complexity index is 516. The van der Waals surface area contributed by atoms with Crippen LogP contribution in [-0.4, -0.2) is 9.97 Å². The molecule has 0 atom stereocenters. The van der Waals surface area contributed by atoms with Crippen molar-refractivity contribution in [3.8, 4) is 0 Å². The summed E-state index contributed by atoms with van der Waals surface area (Å²) >= 11 is 4.96. The van der Waals surface area contributed by atoms with Gasteiger partial charge in [-0.15, -0.1) is 0 Å². The average Bonchev–Trinajstić information content (AvgIpc) is 2.27. The van der Waals surface area contributed by atoms with E-state index in [-0.39, 0.29) is 0 Å². The van der Waals surface area contributed by atoms with Crippen molar-refractivity contribution in [1.29, 1.82) is 0 Å². The zero-order valence-electron chi connectivity index (χ0n) is 8.64. The van der Waals surface area contributed by atoms with Crippen molar-refractivity contribution in [3.63, 3.8) is 0 Å². The number of hydrogen-bond donors (Lipinski definition) is 1. The summed E-state index contributed by atoms with van der Waals surface area (Å²) in [4.78, 5) is 8.52. The third-order valence-electron chi connectivity index (χ3n) is 2.05. The summed E-state index contributed by atoms with van der Waals surface area (Å²) in [6.45, 7) is 1.97. The highest BCUT2D eigenvalue weighted by atomic mass is 79.9. The zero-order chi connectivity index (χ0) is 11.5. The van der Waals surface area contributed by atoms with Gasteiger partial charge in [0.2, 0.25) is 0 Å². The molecular formula is C11H10BrN3S. The Morgan fingerprint density at radius 2 is 2.19 bits per heavy atom. The van der Waals surface area contributed by atoms with Gasteiger partial charge in [-0.1, -0.05) is 0 Å². The monoisotopic (exact) mass is 295 g/mol. The van der Waals surface area contributed by atoms with Crippen LogP contribution >= 0.6 is 27.7 Å². The zero-order valence-corrected chi connectivity index (χ0v) is 11.0. The van der Waals surface area contributed by atoms with Crippen LogP contribution in [0.3, 0.4) is 0 Å². The van der Waals surface area contributed by atoms with Crippen molar-refractivity contribution < 1.29 is 0 Å². The highest BCUT2D eigenvalue weighted by Gasteiger charge is 2.05. The molecule has 0 fully saturated rings. The number of nitrogen functional groups attached to an aromatic ring is 1. The number of pyridine rings is 2. The van der Waals surface area contributed by atoms with Gasteiger partial charge in [0.1, 0.15) is 10.1 Å². The van der Waals surface area contributed by atoms with Crippen molar-refractivity contribution in [1.82, 2.24) is 9.97 Å². The van der Waals surface area contributed by atoms with E-state index in [1.54, 1.807) is 12.4 Å². The van der Waals surface area contributed by atoms with Gasteiger partial charge in [-0.2, -0.15) is 0 Å². The van der Waals surface area contributed by atoms with E-state index in [0.717, 1.165) is 20.1 Å². The van der Waals surface area contributed by atoms with E-state index in [0.29, 0.717) is 5.69 Å². The molecule has 82 valence electrons. The molecule has 0 unspecified atom stereocenters. The van der Waals surface area contributed by atoms with Crippen LogP contribution < -0.4 is 5.73 Å². The standard InChI is InChI=1S/C11H10BrN3S/c1-7-5-10(15-6-9(7)13)16-11-8(12)3-2-4-14-11/h2-6H,13H2,1H3. The second kappa shape index (κ2) is 4.84. The SMILES string of the molecule is Cc1cc(Sc2ncccc2Br)ncc1N. The third-order valence-corrected chi connectivity index (χ3v) is 3.91. The van der Waals surface area contributed by atoms with Gasteiger partial charge in [-0.3, -0.25) is 0 Å². The van der Waals surface area contributed by atoms with Crippen LogP contribution in [0, 0.1) is 6.92 Å². The van der Waals surface area contributed by atoms with Gasteiger partial charge in [0.25, 0.3) is 0 Å². The van der Waals surface area contributed by atoms with Gasteiger partial charge >= 0.3 is 0 Å². The normalized spacial score (nSPS) is 10.4. The minimum absolute atomic E-state index is 0.712. The molecule has 3 nitrogen and oxygen atoms in total. The Labute approximate surface area is 107 Å². The fourth-order valence-corrected chi connectivity index (χ4v) is 2.46. The van der Waals surface area contributed by atoms with Gasteiger partial charge in [-0.05, 0) is 58.4 Å². The Balaban J connectivity index is 2.28. The maximum absolute atomic E-state index is 5.72. The minimum Gasteiger partial charge on any atom is -0.397 e. The first-order valence-electron chi connectivity index (χ1n) is 4.67. The number of halogens is 1. The molecule has 0 aromatic carbocycles. The van der Waals surface area contributed by atoms with Crippen molar-refractivity contribution in [3.05, 3.63) is 40.6 Å². The van der Waals surface area contributed by atoms with E-state index >= 15 is 0 Å². The molecule has 2 aromatic heterocycles. The van der Waals surface area contributed by atoms with E-state index in [4.69, 9.17) is 5.73 Å². The van der Waals surface area contributed by atoms with Crippen molar-refractivity contribution in [2.75, 3.05) is 5.73 Å². The molecule has 2 N–H and O–H groups in total. The smallest absolute Gasteiger partial charge is 0.116 e. The predicted molar refractivity (Wildman–Crippen MR) is 69.4 cm³/mol. The quantitative estimate of drug-likeness (QED) is 0.924. The number of rotatable bonds is 2. The van der Waals surface area contributed by atoms with E-state index in [1.165, 1.54) is 11.8 Å². The summed E-state index contributed by atoms with van der Waals surface area (Å²) in [6, 6.07) is 5.80. The van der Waals surface area contributed by atoms with Crippen LogP contribution in [0.15, 0.2) is 45.1 Å². The van der Waals surface area contributed by atoms with Crippen molar-refractivity contribution in [2.45, 2.75) is 17.0 Å². The fourth-order valence-electron chi connectivity index (χ4n) is 1.14. The van der Waals surface area contributed by atoms with Crippen molar-refractivity contribution >= 4 is 33.4 Å². The molecule has 5 heteroatoms. The topological polar surface area (TPSA) is 51.8 Å². The Morgan fingerprint density at radius 1 is 1.38 bits per heavy atom. The summed E-state index contributed by atoms with van der Waals surface area (Å²) in [6.07, 6.45) is 3.44. The van der Waals surface area contributed by atoms with E-state index < -0.39 is 0 Å². The summed E-state index contributed by atoms with van der Waals surface area (Å²) in [5.41, 5.74) is 7.46. The van der Waals surface area contributed by atoms with Gasteiger partial charge in [0.15, 0.2) is 0 Å². The molecular weight excluding hydrogens is 286 g/mol. The number of nitrogens with two attached hydrogens (primary N) is 1. The number of aryl methyl sites for hydroxylation is 1. The first-order valence-corrected chi connectivity index (χ1v) is 6.28. The summed E-state index contributed by atoms with van der Waals surface area (Å²) < 4.78 is 0.969. The van der Waals surface area contributed by atoms with Crippen LogP contribution in [0.25, 0.3) is 0 Å².